The van der Waals surface area contributed by atoms with Gasteiger partial charge < -0.3 is 9.84 Å². The Labute approximate surface area is 93.4 Å². The molecule has 1 aromatic carbocycles. The number of benzene rings is 1. The maximum absolute atomic E-state index is 11.3. The van der Waals surface area contributed by atoms with Crippen LogP contribution in [-0.4, -0.2) is 23.3 Å². The van der Waals surface area contributed by atoms with E-state index in [0.29, 0.717) is 0 Å². The van der Waals surface area contributed by atoms with Gasteiger partial charge in [-0.15, -0.1) is 0 Å². The molecule has 2 bridgehead atoms. The molecule has 4 atom stereocenters. The SMILES string of the molecule is O=C(O)C1C2C=CC(O2)C1c1ccccc1. The molecule has 3 nitrogen and oxygen atoms in total. The molecule has 1 saturated heterocycles. The summed E-state index contributed by atoms with van der Waals surface area (Å²) in [5.41, 5.74) is 1.05. The van der Waals surface area contributed by atoms with Gasteiger partial charge in [-0.1, -0.05) is 42.5 Å². The maximum atomic E-state index is 11.3. The number of carboxylic acid groups (broad SMARTS) is 1. The highest BCUT2D eigenvalue weighted by Gasteiger charge is 2.50. The fraction of sp³-hybridized carbons (Fsp3) is 0.308. The number of carbonyl (C=O) groups is 1. The Morgan fingerprint density at radius 1 is 1.12 bits per heavy atom. The molecule has 2 aliphatic rings. The number of hydrogen-bond acceptors (Lipinski definition) is 2. The van der Waals surface area contributed by atoms with Crippen LogP contribution in [0.5, 0.6) is 0 Å². The van der Waals surface area contributed by atoms with Gasteiger partial charge in [-0.2, -0.15) is 0 Å². The van der Waals surface area contributed by atoms with E-state index in [-0.39, 0.29) is 18.1 Å². The van der Waals surface area contributed by atoms with Crippen molar-refractivity contribution in [1.82, 2.24) is 0 Å². The Bertz CT molecular complexity index is 438. The van der Waals surface area contributed by atoms with Crippen LogP contribution in [0.4, 0.5) is 0 Å². The predicted molar refractivity (Wildman–Crippen MR) is 58.1 cm³/mol. The van der Waals surface area contributed by atoms with E-state index in [9.17, 15) is 9.90 Å². The van der Waals surface area contributed by atoms with Gasteiger partial charge in [0.05, 0.1) is 18.1 Å². The first kappa shape index (κ1) is 9.60. The molecule has 0 radical (unpaired) electrons. The minimum atomic E-state index is -0.772. The lowest BCUT2D eigenvalue weighted by molar-refractivity contribution is -0.143. The minimum Gasteiger partial charge on any atom is -0.481 e. The van der Waals surface area contributed by atoms with Gasteiger partial charge in [0, 0.05) is 5.92 Å². The summed E-state index contributed by atoms with van der Waals surface area (Å²) in [6.07, 6.45) is 3.51. The summed E-state index contributed by atoms with van der Waals surface area (Å²) in [6.45, 7) is 0. The molecule has 3 rings (SSSR count). The molecular formula is C13H12O3. The first-order valence-electron chi connectivity index (χ1n) is 5.39. The van der Waals surface area contributed by atoms with Crippen molar-refractivity contribution >= 4 is 5.97 Å². The molecule has 16 heavy (non-hydrogen) atoms. The van der Waals surface area contributed by atoms with Crippen LogP contribution in [0.3, 0.4) is 0 Å². The third kappa shape index (κ3) is 1.28. The van der Waals surface area contributed by atoms with Gasteiger partial charge in [-0.25, -0.2) is 0 Å². The lowest BCUT2D eigenvalue weighted by atomic mass is 9.79. The second kappa shape index (κ2) is 3.46. The average molecular weight is 216 g/mol. The van der Waals surface area contributed by atoms with Crippen molar-refractivity contribution in [2.24, 2.45) is 5.92 Å². The third-order valence-corrected chi connectivity index (χ3v) is 3.37. The van der Waals surface area contributed by atoms with E-state index in [4.69, 9.17) is 4.74 Å². The average Bonchev–Trinajstić information content (AvgIpc) is 2.89. The van der Waals surface area contributed by atoms with Crippen molar-refractivity contribution < 1.29 is 14.6 Å². The van der Waals surface area contributed by atoms with Crippen molar-refractivity contribution in [3.8, 4) is 0 Å². The maximum Gasteiger partial charge on any atom is 0.310 e. The first-order chi connectivity index (χ1) is 7.77. The zero-order valence-electron chi connectivity index (χ0n) is 8.61. The molecule has 82 valence electrons. The number of hydrogen-bond donors (Lipinski definition) is 1. The molecule has 0 aromatic heterocycles. The van der Waals surface area contributed by atoms with Gasteiger partial charge in [0.1, 0.15) is 0 Å². The Morgan fingerprint density at radius 2 is 1.81 bits per heavy atom. The quantitative estimate of drug-likeness (QED) is 0.767. The smallest absolute Gasteiger partial charge is 0.310 e. The highest BCUT2D eigenvalue weighted by molar-refractivity contribution is 5.74. The van der Waals surface area contributed by atoms with Crippen molar-refractivity contribution in [2.75, 3.05) is 0 Å². The molecule has 3 heteroatoms. The topological polar surface area (TPSA) is 46.5 Å². The van der Waals surface area contributed by atoms with Crippen LogP contribution in [0, 0.1) is 5.92 Å². The monoisotopic (exact) mass is 216 g/mol. The summed E-state index contributed by atoms with van der Waals surface area (Å²) in [4.78, 5) is 11.3. The Balaban J connectivity index is 2.00. The van der Waals surface area contributed by atoms with E-state index in [1.54, 1.807) is 0 Å². The minimum absolute atomic E-state index is 0.0475. The van der Waals surface area contributed by atoms with E-state index in [2.05, 4.69) is 0 Å². The Kier molecular flexibility index (Phi) is 2.07. The largest absolute Gasteiger partial charge is 0.481 e. The van der Waals surface area contributed by atoms with Gasteiger partial charge in [0.15, 0.2) is 0 Å². The molecule has 1 N–H and O–H groups in total. The van der Waals surface area contributed by atoms with Crippen molar-refractivity contribution in [3.05, 3.63) is 48.0 Å². The van der Waals surface area contributed by atoms with Crippen LogP contribution in [0.2, 0.25) is 0 Å². The molecule has 4 unspecified atom stereocenters. The summed E-state index contributed by atoms with van der Waals surface area (Å²) >= 11 is 0. The first-order valence-corrected chi connectivity index (χ1v) is 5.39. The molecule has 1 fully saturated rings. The fourth-order valence-electron chi connectivity index (χ4n) is 2.67. The summed E-state index contributed by atoms with van der Waals surface area (Å²) < 4.78 is 5.62. The Morgan fingerprint density at radius 3 is 2.50 bits per heavy atom. The molecule has 0 amide bonds. The van der Waals surface area contributed by atoms with E-state index >= 15 is 0 Å². The predicted octanol–water partition coefficient (Wildman–Crippen LogP) is 1.81. The highest BCUT2D eigenvalue weighted by atomic mass is 16.5. The summed E-state index contributed by atoms with van der Waals surface area (Å²) in [7, 11) is 0. The number of fused-ring (bicyclic) bond motifs is 2. The zero-order valence-corrected chi connectivity index (χ0v) is 8.61. The molecule has 0 saturated carbocycles. The van der Waals surface area contributed by atoms with E-state index in [0.717, 1.165) is 5.56 Å². The van der Waals surface area contributed by atoms with E-state index < -0.39 is 11.9 Å². The third-order valence-electron chi connectivity index (χ3n) is 3.37. The van der Waals surface area contributed by atoms with E-state index in [1.165, 1.54) is 0 Å². The van der Waals surface area contributed by atoms with Crippen LogP contribution >= 0.6 is 0 Å². The number of aliphatic carboxylic acids is 1. The zero-order chi connectivity index (χ0) is 11.1. The summed E-state index contributed by atoms with van der Waals surface area (Å²) in [5.74, 6) is -1.27. The van der Waals surface area contributed by atoms with Crippen LogP contribution in [0.25, 0.3) is 0 Å². The van der Waals surface area contributed by atoms with Crippen molar-refractivity contribution in [3.63, 3.8) is 0 Å². The van der Waals surface area contributed by atoms with Crippen LogP contribution in [0.15, 0.2) is 42.5 Å². The number of rotatable bonds is 2. The molecule has 0 spiro atoms. The molecule has 0 aliphatic carbocycles. The van der Waals surface area contributed by atoms with Crippen LogP contribution in [0.1, 0.15) is 11.5 Å². The second-order valence-electron chi connectivity index (χ2n) is 4.25. The number of ether oxygens (including phenoxy) is 1. The van der Waals surface area contributed by atoms with Crippen LogP contribution < -0.4 is 0 Å². The van der Waals surface area contributed by atoms with Gasteiger partial charge in [-0.05, 0) is 5.56 Å². The summed E-state index contributed by atoms with van der Waals surface area (Å²) in [5, 5.41) is 9.25. The number of carboxylic acids is 1. The van der Waals surface area contributed by atoms with Gasteiger partial charge in [0.2, 0.25) is 0 Å². The normalized spacial score (nSPS) is 35.5. The van der Waals surface area contributed by atoms with Crippen molar-refractivity contribution in [2.45, 2.75) is 18.1 Å². The lowest BCUT2D eigenvalue weighted by Crippen LogP contribution is -2.29. The van der Waals surface area contributed by atoms with Crippen molar-refractivity contribution in [1.29, 1.82) is 0 Å². The van der Waals surface area contributed by atoms with Gasteiger partial charge in [-0.3, -0.25) is 4.79 Å². The highest BCUT2D eigenvalue weighted by Crippen LogP contribution is 2.45. The lowest BCUT2D eigenvalue weighted by Gasteiger charge is -2.21. The van der Waals surface area contributed by atoms with E-state index in [1.807, 2.05) is 42.5 Å². The molecule has 2 heterocycles. The second-order valence-corrected chi connectivity index (χ2v) is 4.25. The molecule has 2 aliphatic heterocycles. The van der Waals surface area contributed by atoms with Gasteiger partial charge in [0.25, 0.3) is 0 Å². The molecular weight excluding hydrogens is 204 g/mol. The standard InChI is InChI=1S/C13H12O3/c14-13(15)12-10-7-6-9(16-10)11(12)8-4-2-1-3-5-8/h1-7,9-12H,(H,14,15). The summed E-state index contributed by atoms with van der Waals surface area (Å²) in [6, 6.07) is 9.74. The van der Waals surface area contributed by atoms with Gasteiger partial charge >= 0.3 is 5.97 Å². The molecule has 1 aromatic rings. The Hall–Kier alpha value is -1.61. The van der Waals surface area contributed by atoms with Crippen LogP contribution in [-0.2, 0) is 9.53 Å². The fourth-order valence-corrected chi connectivity index (χ4v) is 2.67.